The van der Waals surface area contributed by atoms with Gasteiger partial charge in [0.15, 0.2) is 0 Å². The summed E-state index contributed by atoms with van der Waals surface area (Å²) in [6.07, 6.45) is 10.6. The highest BCUT2D eigenvalue weighted by molar-refractivity contribution is 4.99. The van der Waals surface area contributed by atoms with E-state index in [2.05, 4.69) is 20.1 Å². The number of hydrogen-bond donors (Lipinski definition) is 1. The van der Waals surface area contributed by atoms with Crippen molar-refractivity contribution in [1.29, 1.82) is 0 Å². The molecular formula is C14H24N4. The lowest BCUT2D eigenvalue weighted by molar-refractivity contribution is 0.336. The van der Waals surface area contributed by atoms with Crippen molar-refractivity contribution in [3.8, 4) is 0 Å². The van der Waals surface area contributed by atoms with Crippen LogP contribution in [0.5, 0.6) is 0 Å². The zero-order valence-corrected chi connectivity index (χ0v) is 11.2. The minimum Gasteiger partial charge on any atom is -0.315 e. The summed E-state index contributed by atoms with van der Waals surface area (Å²) in [6.45, 7) is 3.14. The Bertz CT molecular complexity index is 379. The van der Waals surface area contributed by atoms with Crippen molar-refractivity contribution < 1.29 is 0 Å². The number of hydrogen-bond acceptors (Lipinski definition) is 3. The Kier molecular flexibility index (Phi) is 3.93. The minimum absolute atomic E-state index is 0.940. The van der Waals surface area contributed by atoms with Crippen molar-refractivity contribution in [2.45, 2.75) is 57.9 Å². The molecule has 1 aromatic rings. The molecule has 18 heavy (non-hydrogen) atoms. The molecule has 1 N–H and O–H groups in total. The van der Waals surface area contributed by atoms with Crippen molar-refractivity contribution in [3.05, 3.63) is 11.6 Å². The van der Waals surface area contributed by atoms with Crippen LogP contribution < -0.4 is 5.32 Å². The second kappa shape index (κ2) is 5.83. The fourth-order valence-corrected chi connectivity index (χ4v) is 3.33. The summed E-state index contributed by atoms with van der Waals surface area (Å²) in [4.78, 5) is 0. The lowest BCUT2D eigenvalue weighted by Crippen LogP contribution is -2.18. The van der Waals surface area contributed by atoms with Gasteiger partial charge in [0, 0.05) is 32.5 Å². The first kappa shape index (κ1) is 12.2. The summed E-state index contributed by atoms with van der Waals surface area (Å²) >= 11 is 0. The molecule has 2 aliphatic rings. The Hall–Kier alpha value is -0.900. The molecule has 1 aliphatic heterocycles. The molecule has 0 saturated heterocycles. The summed E-state index contributed by atoms with van der Waals surface area (Å²) in [6, 6.07) is 0. The number of rotatable bonds is 3. The first-order valence-electron chi connectivity index (χ1n) is 7.55. The van der Waals surface area contributed by atoms with E-state index in [9.17, 15) is 0 Å². The predicted octanol–water partition coefficient (Wildman–Crippen LogP) is 1.94. The van der Waals surface area contributed by atoms with Gasteiger partial charge in [-0.1, -0.05) is 32.1 Å². The maximum absolute atomic E-state index is 4.41. The lowest BCUT2D eigenvalue weighted by atomic mass is 9.86. The monoisotopic (exact) mass is 248 g/mol. The van der Waals surface area contributed by atoms with Crippen molar-refractivity contribution in [1.82, 2.24) is 20.1 Å². The van der Waals surface area contributed by atoms with Crippen LogP contribution in [0.4, 0.5) is 0 Å². The largest absolute Gasteiger partial charge is 0.315 e. The third kappa shape index (κ3) is 2.74. The molecule has 100 valence electrons. The van der Waals surface area contributed by atoms with Crippen LogP contribution in [0, 0.1) is 5.92 Å². The molecule has 1 aromatic heterocycles. The molecule has 4 heteroatoms. The van der Waals surface area contributed by atoms with Gasteiger partial charge in [-0.2, -0.15) is 0 Å². The van der Waals surface area contributed by atoms with E-state index in [-0.39, 0.29) is 0 Å². The number of aryl methyl sites for hydroxylation is 1. The number of aromatic nitrogens is 3. The first-order chi connectivity index (χ1) is 8.93. The summed E-state index contributed by atoms with van der Waals surface area (Å²) < 4.78 is 2.35. The molecule has 0 radical (unpaired) electrons. The molecule has 3 rings (SSSR count). The lowest BCUT2D eigenvalue weighted by Gasteiger charge is -2.21. The summed E-state index contributed by atoms with van der Waals surface area (Å²) in [5.41, 5.74) is 0. The highest BCUT2D eigenvalue weighted by Crippen LogP contribution is 2.27. The van der Waals surface area contributed by atoms with Crippen molar-refractivity contribution in [2.75, 3.05) is 13.1 Å². The van der Waals surface area contributed by atoms with Crippen LogP contribution in [0.2, 0.25) is 0 Å². The van der Waals surface area contributed by atoms with Crippen LogP contribution >= 0.6 is 0 Å². The van der Waals surface area contributed by atoms with E-state index in [4.69, 9.17) is 0 Å². The van der Waals surface area contributed by atoms with E-state index in [0.29, 0.717) is 0 Å². The Labute approximate surface area is 109 Å². The smallest absolute Gasteiger partial charge is 0.134 e. The first-order valence-corrected chi connectivity index (χ1v) is 7.55. The fourth-order valence-electron chi connectivity index (χ4n) is 3.33. The average Bonchev–Trinajstić information content (AvgIpc) is 2.65. The quantitative estimate of drug-likeness (QED) is 0.889. The zero-order chi connectivity index (χ0) is 12.2. The van der Waals surface area contributed by atoms with Crippen LogP contribution in [0.3, 0.4) is 0 Å². The highest BCUT2D eigenvalue weighted by Gasteiger charge is 2.17. The molecule has 1 saturated carbocycles. The van der Waals surface area contributed by atoms with E-state index in [0.717, 1.165) is 38.4 Å². The molecule has 0 aromatic carbocycles. The van der Waals surface area contributed by atoms with Crippen molar-refractivity contribution >= 4 is 0 Å². The molecule has 2 heterocycles. The van der Waals surface area contributed by atoms with Gasteiger partial charge >= 0.3 is 0 Å². The molecule has 4 nitrogen and oxygen atoms in total. The van der Waals surface area contributed by atoms with Gasteiger partial charge in [0.2, 0.25) is 0 Å². The van der Waals surface area contributed by atoms with Gasteiger partial charge in [-0.3, -0.25) is 0 Å². The van der Waals surface area contributed by atoms with E-state index < -0.39 is 0 Å². The van der Waals surface area contributed by atoms with Gasteiger partial charge in [-0.15, -0.1) is 10.2 Å². The number of fused-ring (bicyclic) bond motifs is 1. The molecule has 1 fully saturated rings. The third-order valence-corrected chi connectivity index (χ3v) is 4.44. The van der Waals surface area contributed by atoms with E-state index in [1.165, 1.54) is 50.2 Å². The van der Waals surface area contributed by atoms with Gasteiger partial charge in [-0.05, 0) is 12.3 Å². The van der Waals surface area contributed by atoms with Gasteiger partial charge < -0.3 is 9.88 Å². The topological polar surface area (TPSA) is 42.7 Å². The average molecular weight is 248 g/mol. The Morgan fingerprint density at radius 2 is 2.00 bits per heavy atom. The molecule has 0 bridgehead atoms. The zero-order valence-electron chi connectivity index (χ0n) is 11.2. The Morgan fingerprint density at radius 3 is 2.89 bits per heavy atom. The van der Waals surface area contributed by atoms with E-state index in [1.54, 1.807) is 0 Å². The molecular weight excluding hydrogens is 224 g/mol. The summed E-state index contributed by atoms with van der Waals surface area (Å²) in [7, 11) is 0. The standard InChI is InChI=1S/C14H24N4/c1-2-4-12(5-3-1)6-7-13-16-17-14-8-9-15-10-11-18(13)14/h12,15H,1-11H2. The third-order valence-electron chi connectivity index (χ3n) is 4.44. The minimum atomic E-state index is 0.940. The predicted molar refractivity (Wildman–Crippen MR) is 71.5 cm³/mol. The fraction of sp³-hybridized carbons (Fsp3) is 0.857. The van der Waals surface area contributed by atoms with E-state index in [1.807, 2.05) is 0 Å². The molecule has 0 spiro atoms. The van der Waals surface area contributed by atoms with Gasteiger partial charge in [0.05, 0.1) is 0 Å². The summed E-state index contributed by atoms with van der Waals surface area (Å²) in [5.74, 6) is 3.34. The maximum atomic E-state index is 4.41. The Balaban J connectivity index is 1.60. The van der Waals surface area contributed by atoms with Crippen LogP contribution in [-0.4, -0.2) is 27.9 Å². The molecule has 0 atom stereocenters. The normalized spacial score (nSPS) is 21.6. The van der Waals surface area contributed by atoms with Crippen LogP contribution in [0.15, 0.2) is 0 Å². The van der Waals surface area contributed by atoms with Crippen molar-refractivity contribution in [2.24, 2.45) is 5.92 Å². The van der Waals surface area contributed by atoms with Gasteiger partial charge in [0.1, 0.15) is 11.6 Å². The van der Waals surface area contributed by atoms with Crippen LogP contribution in [0.25, 0.3) is 0 Å². The van der Waals surface area contributed by atoms with E-state index >= 15 is 0 Å². The SMILES string of the molecule is C1CCC(CCc2nnc3n2CCNCC3)CC1. The molecule has 0 unspecified atom stereocenters. The van der Waals surface area contributed by atoms with Gasteiger partial charge in [-0.25, -0.2) is 0 Å². The van der Waals surface area contributed by atoms with Gasteiger partial charge in [0.25, 0.3) is 0 Å². The maximum Gasteiger partial charge on any atom is 0.134 e. The van der Waals surface area contributed by atoms with Crippen molar-refractivity contribution in [3.63, 3.8) is 0 Å². The van der Waals surface area contributed by atoms with Crippen LogP contribution in [-0.2, 0) is 19.4 Å². The summed E-state index contributed by atoms with van der Waals surface area (Å²) in [5, 5.41) is 12.2. The molecule has 0 amide bonds. The second-order valence-electron chi connectivity index (χ2n) is 5.73. The second-order valence-corrected chi connectivity index (χ2v) is 5.73. The van der Waals surface area contributed by atoms with Crippen LogP contribution in [0.1, 0.15) is 50.2 Å². The highest BCUT2D eigenvalue weighted by atomic mass is 15.3. The number of nitrogens with zero attached hydrogens (tertiary/aromatic N) is 3. The number of nitrogens with one attached hydrogen (secondary N) is 1. The molecule has 1 aliphatic carbocycles. The Morgan fingerprint density at radius 1 is 1.11 bits per heavy atom.